The number of alkyl halides is 3. The quantitative estimate of drug-likeness (QED) is 0.256. The van der Waals surface area contributed by atoms with E-state index in [1.165, 1.54) is 6.20 Å². The predicted octanol–water partition coefficient (Wildman–Crippen LogP) is 5.55. The van der Waals surface area contributed by atoms with Crippen LogP contribution in [0.15, 0.2) is 47.5 Å². The summed E-state index contributed by atoms with van der Waals surface area (Å²) in [4.78, 5) is 45.1. The Balaban J connectivity index is 2.12. The van der Waals surface area contributed by atoms with E-state index in [1.807, 2.05) is 45.9 Å². The number of rotatable bonds is 12. The molecular weight excluding hydrogens is 585 g/mol. The molecule has 0 unspecified atom stereocenters. The van der Waals surface area contributed by atoms with E-state index in [1.54, 1.807) is 25.1 Å². The first-order valence-electron chi connectivity index (χ1n) is 14.6. The molecular formula is C34H39F3N4O4. The molecule has 1 aromatic carbocycles. The van der Waals surface area contributed by atoms with Crippen molar-refractivity contribution in [1.82, 2.24) is 19.8 Å². The van der Waals surface area contributed by atoms with Crippen molar-refractivity contribution in [3.05, 3.63) is 86.6 Å². The fraction of sp³-hybridized carbons (Fsp3) is 0.412. The van der Waals surface area contributed by atoms with Gasteiger partial charge in [0.1, 0.15) is 11.7 Å². The molecule has 2 heterocycles. The Bertz CT molecular complexity index is 1630. The minimum Gasteiger partial charge on any atom is -0.481 e. The number of carbonyl (C=O) groups excluding carboxylic acids is 1. The molecule has 2 atom stereocenters. The van der Waals surface area contributed by atoms with Crippen LogP contribution < -0.4 is 10.9 Å². The van der Waals surface area contributed by atoms with E-state index in [0.717, 1.165) is 27.5 Å². The minimum atomic E-state index is -4.76. The average molecular weight is 625 g/mol. The number of hydrogen-bond donors (Lipinski definition) is 2. The second-order valence-electron chi connectivity index (χ2n) is 11.9. The van der Waals surface area contributed by atoms with Gasteiger partial charge < -0.3 is 19.9 Å². The van der Waals surface area contributed by atoms with Crippen molar-refractivity contribution in [3.8, 4) is 23.5 Å². The van der Waals surface area contributed by atoms with Gasteiger partial charge in [-0.15, -0.1) is 6.42 Å². The van der Waals surface area contributed by atoms with Crippen molar-refractivity contribution < 1.29 is 27.9 Å². The summed E-state index contributed by atoms with van der Waals surface area (Å²) < 4.78 is 42.7. The average Bonchev–Trinajstić information content (AvgIpc) is 2.93. The van der Waals surface area contributed by atoms with Gasteiger partial charge in [0.2, 0.25) is 5.91 Å². The lowest BCUT2D eigenvalue weighted by atomic mass is 9.92. The van der Waals surface area contributed by atoms with Crippen LogP contribution in [0.5, 0.6) is 0 Å². The highest BCUT2D eigenvalue weighted by atomic mass is 19.4. The smallest absolute Gasteiger partial charge is 0.416 e. The molecule has 3 aromatic rings. The molecule has 3 rings (SSSR count). The number of aryl methyl sites for hydroxylation is 2. The second-order valence-corrected chi connectivity index (χ2v) is 11.9. The van der Waals surface area contributed by atoms with Gasteiger partial charge in [0.05, 0.1) is 18.0 Å². The zero-order chi connectivity index (χ0) is 33.6. The number of terminal acetylenes is 1. The number of benzene rings is 1. The number of carboxylic acid groups (broad SMARTS) is 1. The zero-order valence-corrected chi connectivity index (χ0v) is 26.3. The predicted molar refractivity (Wildman–Crippen MR) is 167 cm³/mol. The molecule has 0 aliphatic rings. The maximum Gasteiger partial charge on any atom is 0.416 e. The molecule has 0 aliphatic carbocycles. The summed E-state index contributed by atoms with van der Waals surface area (Å²) in [5, 5.41) is 12.5. The van der Waals surface area contributed by atoms with Crippen LogP contribution >= 0.6 is 0 Å². The monoisotopic (exact) mass is 624 g/mol. The number of likely N-dealkylation sites (N-methyl/N-ethyl adjacent to an activating group) is 1. The van der Waals surface area contributed by atoms with Gasteiger partial charge in [-0.05, 0) is 86.5 Å². The van der Waals surface area contributed by atoms with Crippen molar-refractivity contribution in [1.29, 1.82) is 0 Å². The van der Waals surface area contributed by atoms with Crippen LogP contribution in [0.2, 0.25) is 0 Å². The minimum absolute atomic E-state index is 0.00588. The normalized spacial score (nSPS) is 13.0. The first kappa shape index (κ1) is 35.1. The molecule has 240 valence electrons. The fourth-order valence-corrected chi connectivity index (χ4v) is 5.35. The molecule has 45 heavy (non-hydrogen) atoms. The Morgan fingerprint density at radius 2 is 1.80 bits per heavy atom. The molecule has 0 saturated heterocycles. The van der Waals surface area contributed by atoms with Crippen LogP contribution in [0, 0.1) is 32.1 Å². The Kier molecular flexibility index (Phi) is 11.3. The topological polar surface area (TPSA) is 105 Å². The van der Waals surface area contributed by atoms with E-state index < -0.39 is 47.7 Å². The maximum atomic E-state index is 13.9. The molecule has 0 spiro atoms. The largest absolute Gasteiger partial charge is 0.481 e. The van der Waals surface area contributed by atoms with E-state index in [0.29, 0.717) is 22.9 Å². The number of pyridine rings is 2. The summed E-state index contributed by atoms with van der Waals surface area (Å²) in [5.74, 6) is 0.527. The van der Waals surface area contributed by atoms with Crippen LogP contribution in [0.4, 0.5) is 13.2 Å². The molecule has 1 amide bonds. The van der Waals surface area contributed by atoms with Crippen LogP contribution in [0.25, 0.3) is 11.1 Å². The molecule has 11 heteroatoms. The number of aromatic nitrogens is 2. The van der Waals surface area contributed by atoms with E-state index >= 15 is 0 Å². The van der Waals surface area contributed by atoms with Crippen molar-refractivity contribution in [3.63, 3.8) is 0 Å². The van der Waals surface area contributed by atoms with Gasteiger partial charge in [-0.3, -0.25) is 14.4 Å². The fourth-order valence-electron chi connectivity index (χ4n) is 5.35. The molecule has 0 bridgehead atoms. The van der Waals surface area contributed by atoms with Crippen molar-refractivity contribution in [2.24, 2.45) is 5.92 Å². The van der Waals surface area contributed by atoms with E-state index in [2.05, 4.69) is 16.2 Å². The second kappa shape index (κ2) is 14.6. The van der Waals surface area contributed by atoms with Crippen molar-refractivity contribution >= 4 is 11.9 Å². The summed E-state index contributed by atoms with van der Waals surface area (Å²) >= 11 is 0. The van der Waals surface area contributed by atoms with Gasteiger partial charge in [-0.2, -0.15) is 13.2 Å². The third-order valence-electron chi connectivity index (χ3n) is 7.52. The van der Waals surface area contributed by atoms with Crippen LogP contribution in [0.3, 0.4) is 0 Å². The van der Waals surface area contributed by atoms with E-state index in [9.17, 15) is 32.7 Å². The first-order chi connectivity index (χ1) is 21.0. The first-order valence-corrected chi connectivity index (χ1v) is 14.6. The standard InChI is InChI=1S/C34H39F3N4O4/c1-8-27-25(32-21(4)10-9-11-22(32)5)15-24(18-38-27)28(17-31(43)44)39-33(45)29(14-20(2)3)41-19-23(12-13-40(6)7)26(16-30(41)42)34(35,36)37/h1,9-11,15-16,18-20,28-29H,12-14,17H2,2-7H3,(H,39,45)(H,43,44)/t28-,29-/m1/s1. The van der Waals surface area contributed by atoms with Gasteiger partial charge in [-0.25, -0.2) is 4.98 Å². The Morgan fingerprint density at radius 1 is 1.16 bits per heavy atom. The Morgan fingerprint density at radius 3 is 2.33 bits per heavy atom. The van der Waals surface area contributed by atoms with Crippen molar-refractivity contribution in [2.75, 3.05) is 20.6 Å². The summed E-state index contributed by atoms with van der Waals surface area (Å²) in [6.07, 6.45) is 3.10. The van der Waals surface area contributed by atoms with Crippen molar-refractivity contribution in [2.45, 2.75) is 65.2 Å². The highest BCUT2D eigenvalue weighted by Crippen LogP contribution is 2.34. The number of hydrogen-bond acceptors (Lipinski definition) is 5. The van der Waals surface area contributed by atoms with Crippen LogP contribution in [-0.2, 0) is 22.2 Å². The summed E-state index contributed by atoms with van der Waals surface area (Å²) in [6, 6.07) is 5.67. The number of carbonyl (C=O) groups is 2. The maximum absolute atomic E-state index is 13.9. The molecule has 0 saturated carbocycles. The molecule has 2 aromatic heterocycles. The number of aliphatic carboxylic acids is 1. The third-order valence-corrected chi connectivity index (χ3v) is 7.52. The molecule has 8 nitrogen and oxygen atoms in total. The molecule has 0 radical (unpaired) electrons. The number of carboxylic acids is 1. The van der Waals surface area contributed by atoms with Gasteiger partial charge in [-0.1, -0.05) is 32.0 Å². The highest BCUT2D eigenvalue weighted by molar-refractivity contribution is 5.82. The van der Waals surface area contributed by atoms with Gasteiger partial charge in [0.25, 0.3) is 5.56 Å². The van der Waals surface area contributed by atoms with E-state index in [-0.39, 0.29) is 30.9 Å². The molecule has 0 aliphatic heterocycles. The SMILES string of the molecule is C#Cc1ncc([C@@H](CC(=O)O)NC(=O)[C@@H](CC(C)C)n2cc(CCN(C)C)c(C(F)(F)F)cc2=O)cc1-c1c(C)cccc1C. The van der Waals surface area contributed by atoms with Gasteiger partial charge in [0, 0.05) is 30.6 Å². The summed E-state index contributed by atoms with van der Waals surface area (Å²) in [6.45, 7) is 7.74. The number of nitrogens with one attached hydrogen (secondary N) is 1. The Hall–Kier alpha value is -4.43. The zero-order valence-electron chi connectivity index (χ0n) is 26.3. The van der Waals surface area contributed by atoms with Crippen LogP contribution in [0.1, 0.15) is 72.3 Å². The lowest BCUT2D eigenvalue weighted by Crippen LogP contribution is -2.40. The highest BCUT2D eigenvalue weighted by Gasteiger charge is 2.36. The lowest BCUT2D eigenvalue weighted by Gasteiger charge is -2.26. The molecule has 2 N–H and O–H groups in total. The number of halogens is 3. The number of nitrogens with zero attached hydrogens (tertiary/aromatic N) is 3. The summed E-state index contributed by atoms with van der Waals surface area (Å²) in [7, 11) is 3.44. The lowest BCUT2D eigenvalue weighted by molar-refractivity contribution is -0.139. The van der Waals surface area contributed by atoms with E-state index in [4.69, 9.17) is 6.42 Å². The Labute approximate surface area is 261 Å². The summed E-state index contributed by atoms with van der Waals surface area (Å²) in [5.41, 5.74) is 1.85. The van der Waals surface area contributed by atoms with Crippen LogP contribution in [-0.4, -0.2) is 52.1 Å². The third kappa shape index (κ3) is 8.82. The van der Waals surface area contributed by atoms with Gasteiger partial charge in [0.15, 0.2) is 0 Å². The molecule has 0 fully saturated rings. The number of amides is 1. The van der Waals surface area contributed by atoms with Gasteiger partial charge >= 0.3 is 12.1 Å².